The Morgan fingerprint density at radius 1 is 1.60 bits per heavy atom. The van der Waals surface area contributed by atoms with Crippen LogP contribution in [0.3, 0.4) is 0 Å². The molecule has 1 aromatic heterocycles. The molecule has 9 heteroatoms. The number of carbonyl (C=O) groups excluding carboxylic acids is 1. The van der Waals surface area contributed by atoms with E-state index in [-0.39, 0.29) is 11.3 Å². The molecule has 20 heavy (non-hydrogen) atoms. The van der Waals surface area contributed by atoms with Gasteiger partial charge >= 0.3 is 6.18 Å². The van der Waals surface area contributed by atoms with Crippen molar-refractivity contribution >= 4 is 11.7 Å². The molecular formula is C11H10F4N4O. The second-order valence-corrected chi connectivity index (χ2v) is 3.98. The van der Waals surface area contributed by atoms with Gasteiger partial charge in [0.25, 0.3) is 0 Å². The highest BCUT2D eigenvalue weighted by molar-refractivity contribution is 5.82. The van der Waals surface area contributed by atoms with E-state index in [1.165, 1.54) is 6.92 Å². The molecule has 1 unspecified atom stereocenters. The highest BCUT2D eigenvalue weighted by Crippen LogP contribution is 2.24. The van der Waals surface area contributed by atoms with Crippen LogP contribution in [0, 0.1) is 24.1 Å². The summed E-state index contributed by atoms with van der Waals surface area (Å²) >= 11 is 0. The number of aromatic nitrogens is 1. The zero-order valence-corrected chi connectivity index (χ0v) is 10.3. The van der Waals surface area contributed by atoms with E-state index in [1.807, 2.05) is 5.32 Å². The molecule has 0 fully saturated rings. The Morgan fingerprint density at radius 2 is 2.20 bits per heavy atom. The normalized spacial score (nSPS) is 12.6. The standard InChI is InChI=1S/C11H10F4N4O/c1-5-6(4-16)2-7(12)10(18-5)19-8(9(17)20)3-11(13,14)15/h2,8H,3H2,1H3,(H2,17,20)(H,18,19). The molecule has 0 aromatic carbocycles. The van der Waals surface area contributed by atoms with E-state index in [1.54, 1.807) is 6.07 Å². The fourth-order valence-corrected chi connectivity index (χ4v) is 1.41. The molecule has 5 nitrogen and oxygen atoms in total. The van der Waals surface area contributed by atoms with Crippen LogP contribution in [0.4, 0.5) is 23.4 Å². The number of pyridine rings is 1. The lowest BCUT2D eigenvalue weighted by Gasteiger charge is -2.18. The van der Waals surface area contributed by atoms with E-state index in [0.717, 1.165) is 6.07 Å². The van der Waals surface area contributed by atoms with Gasteiger partial charge in [-0.05, 0) is 13.0 Å². The molecule has 0 aliphatic rings. The molecule has 0 saturated heterocycles. The molecule has 1 heterocycles. The number of alkyl halides is 3. The molecule has 1 aromatic rings. The van der Waals surface area contributed by atoms with E-state index in [9.17, 15) is 22.4 Å². The molecule has 0 bridgehead atoms. The van der Waals surface area contributed by atoms with Crippen molar-refractivity contribution in [3.63, 3.8) is 0 Å². The monoisotopic (exact) mass is 290 g/mol. The van der Waals surface area contributed by atoms with Crippen LogP contribution in [0.2, 0.25) is 0 Å². The maximum atomic E-state index is 13.6. The second-order valence-electron chi connectivity index (χ2n) is 3.98. The number of anilines is 1. The van der Waals surface area contributed by atoms with Crippen LogP contribution in [0.1, 0.15) is 17.7 Å². The highest BCUT2D eigenvalue weighted by Gasteiger charge is 2.35. The summed E-state index contributed by atoms with van der Waals surface area (Å²) in [6.45, 7) is 1.38. The largest absolute Gasteiger partial charge is 0.391 e. The van der Waals surface area contributed by atoms with Gasteiger partial charge in [0, 0.05) is 0 Å². The number of primary amides is 1. The molecule has 1 amide bonds. The fourth-order valence-electron chi connectivity index (χ4n) is 1.41. The van der Waals surface area contributed by atoms with Crippen LogP contribution >= 0.6 is 0 Å². The van der Waals surface area contributed by atoms with Gasteiger partial charge in [-0.2, -0.15) is 18.4 Å². The average Bonchev–Trinajstić information content (AvgIpc) is 2.30. The molecule has 1 rings (SSSR count). The summed E-state index contributed by atoms with van der Waals surface area (Å²) in [4.78, 5) is 14.6. The van der Waals surface area contributed by atoms with E-state index in [4.69, 9.17) is 11.0 Å². The van der Waals surface area contributed by atoms with Crippen molar-refractivity contribution in [1.29, 1.82) is 5.26 Å². The number of amides is 1. The minimum atomic E-state index is -4.65. The van der Waals surface area contributed by atoms with E-state index in [2.05, 4.69) is 4.98 Å². The smallest absolute Gasteiger partial charge is 0.368 e. The Morgan fingerprint density at radius 3 is 2.65 bits per heavy atom. The number of hydrogen-bond donors (Lipinski definition) is 2. The molecule has 1 atom stereocenters. The van der Waals surface area contributed by atoms with Crippen molar-refractivity contribution in [3.8, 4) is 6.07 Å². The maximum absolute atomic E-state index is 13.6. The SMILES string of the molecule is Cc1nc(NC(CC(F)(F)F)C(N)=O)c(F)cc1C#N. The second kappa shape index (κ2) is 5.73. The summed E-state index contributed by atoms with van der Waals surface area (Å²) in [5, 5.41) is 10.7. The van der Waals surface area contributed by atoms with Gasteiger partial charge in [0.2, 0.25) is 5.91 Å². The van der Waals surface area contributed by atoms with Crippen LogP contribution in [0.5, 0.6) is 0 Å². The third kappa shape index (κ3) is 4.08. The summed E-state index contributed by atoms with van der Waals surface area (Å²) in [6.07, 6.45) is -6.20. The summed E-state index contributed by atoms with van der Waals surface area (Å²) in [6, 6.07) is 0.648. The Bertz CT molecular complexity index is 565. The van der Waals surface area contributed by atoms with Gasteiger partial charge in [0.15, 0.2) is 11.6 Å². The van der Waals surface area contributed by atoms with Gasteiger partial charge in [0.1, 0.15) is 12.1 Å². The van der Waals surface area contributed by atoms with Crippen molar-refractivity contribution in [1.82, 2.24) is 4.98 Å². The summed E-state index contributed by atoms with van der Waals surface area (Å²) < 4.78 is 50.4. The lowest BCUT2D eigenvalue weighted by atomic mass is 10.1. The lowest BCUT2D eigenvalue weighted by molar-refractivity contribution is -0.144. The topological polar surface area (TPSA) is 91.8 Å². The van der Waals surface area contributed by atoms with Crippen LogP contribution in [0.15, 0.2) is 6.07 Å². The number of aryl methyl sites for hydroxylation is 1. The number of hydrogen-bond acceptors (Lipinski definition) is 4. The van der Waals surface area contributed by atoms with Crippen molar-refractivity contribution in [2.75, 3.05) is 5.32 Å². The Kier molecular flexibility index (Phi) is 4.49. The Hall–Kier alpha value is -2.37. The first-order valence-electron chi connectivity index (χ1n) is 5.34. The molecular weight excluding hydrogens is 280 g/mol. The number of nitriles is 1. The molecule has 0 aliphatic carbocycles. The first kappa shape index (κ1) is 15.7. The predicted octanol–water partition coefficient (Wildman–Crippen LogP) is 1.62. The van der Waals surface area contributed by atoms with Gasteiger partial charge in [-0.15, -0.1) is 0 Å². The zero-order valence-electron chi connectivity index (χ0n) is 10.3. The number of nitrogens with zero attached hydrogens (tertiary/aromatic N) is 2. The third-order valence-electron chi connectivity index (χ3n) is 2.38. The molecule has 3 N–H and O–H groups in total. The van der Waals surface area contributed by atoms with Crippen molar-refractivity contribution in [2.45, 2.75) is 25.6 Å². The van der Waals surface area contributed by atoms with Gasteiger partial charge in [0.05, 0.1) is 17.7 Å². The van der Waals surface area contributed by atoms with Crippen molar-refractivity contribution < 1.29 is 22.4 Å². The summed E-state index contributed by atoms with van der Waals surface area (Å²) in [5.41, 5.74) is 4.89. The maximum Gasteiger partial charge on any atom is 0.391 e. The van der Waals surface area contributed by atoms with Crippen molar-refractivity contribution in [2.24, 2.45) is 5.73 Å². The summed E-state index contributed by atoms with van der Waals surface area (Å²) in [7, 11) is 0. The minimum Gasteiger partial charge on any atom is -0.368 e. The van der Waals surface area contributed by atoms with Gasteiger partial charge in [-0.3, -0.25) is 4.79 Å². The first-order valence-corrected chi connectivity index (χ1v) is 5.34. The molecule has 0 saturated carbocycles. The lowest BCUT2D eigenvalue weighted by Crippen LogP contribution is -2.39. The number of carbonyl (C=O) groups is 1. The van der Waals surface area contributed by atoms with E-state index in [0.29, 0.717) is 0 Å². The number of rotatable bonds is 4. The summed E-state index contributed by atoms with van der Waals surface area (Å²) in [5.74, 6) is -2.89. The third-order valence-corrected chi connectivity index (χ3v) is 2.38. The molecule has 0 aliphatic heterocycles. The fraction of sp³-hybridized carbons (Fsp3) is 0.364. The average molecular weight is 290 g/mol. The van der Waals surface area contributed by atoms with Crippen molar-refractivity contribution in [3.05, 3.63) is 23.1 Å². The molecule has 0 spiro atoms. The predicted molar refractivity (Wildman–Crippen MR) is 60.9 cm³/mol. The number of nitrogens with two attached hydrogens (primary N) is 1. The Labute approximate surface area is 111 Å². The van der Waals surface area contributed by atoms with Crippen LogP contribution < -0.4 is 11.1 Å². The quantitative estimate of drug-likeness (QED) is 0.824. The minimum absolute atomic E-state index is 0.0560. The van der Waals surface area contributed by atoms with Crippen LogP contribution in [-0.4, -0.2) is 23.1 Å². The first-order chi connectivity index (χ1) is 9.14. The van der Waals surface area contributed by atoms with E-state index >= 15 is 0 Å². The number of nitrogens with one attached hydrogen (secondary N) is 1. The van der Waals surface area contributed by atoms with Gasteiger partial charge in [-0.25, -0.2) is 9.37 Å². The zero-order chi connectivity index (χ0) is 15.5. The highest BCUT2D eigenvalue weighted by atomic mass is 19.4. The van der Waals surface area contributed by atoms with Gasteiger partial charge < -0.3 is 11.1 Å². The van der Waals surface area contributed by atoms with Crippen LogP contribution in [-0.2, 0) is 4.79 Å². The molecule has 0 radical (unpaired) electrons. The number of halogens is 4. The molecule has 108 valence electrons. The van der Waals surface area contributed by atoms with Gasteiger partial charge in [-0.1, -0.05) is 0 Å². The Balaban J connectivity index is 3.04. The van der Waals surface area contributed by atoms with E-state index < -0.39 is 36.2 Å². The van der Waals surface area contributed by atoms with Crippen LogP contribution in [0.25, 0.3) is 0 Å².